The molecule has 2 amide bonds. The van der Waals surface area contributed by atoms with E-state index in [-0.39, 0.29) is 17.9 Å². The second-order valence-electron chi connectivity index (χ2n) is 8.05. The summed E-state index contributed by atoms with van der Waals surface area (Å²) in [6.45, 7) is 3.55. The first-order valence-electron chi connectivity index (χ1n) is 11.5. The molecule has 0 spiro atoms. The van der Waals surface area contributed by atoms with E-state index in [1.54, 1.807) is 18.2 Å². The largest absolute Gasteiger partial charge is 0.376 e. The van der Waals surface area contributed by atoms with E-state index >= 15 is 0 Å². The minimum absolute atomic E-state index is 0.0184. The Balaban J connectivity index is 1.60. The van der Waals surface area contributed by atoms with E-state index < -0.39 is 0 Å². The average molecular weight is 403 g/mol. The number of hydrogen-bond acceptors (Lipinski definition) is 3. The molecular formula is C24H38N2O3. The van der Waals surface area contributed by atoms with Gasteiger partial charge in [-0.3, -0.25) is 9.59 Å². The van der Waals surface area contributed by atoms with Crippen molar-refractivity contribution in [3.8, 4) is 0 Å². The van der Waals surface area contributed by atoms with Gasteiger partial charge in [-0.05, 0) is 37.5 Å². The molecule has 0 aliphatic carbocycles. The molecule has 0 aromatic heterocycles. The molecule has 5 heteroatoms. The second kappa shape index (κ2) is 14.2. The van der Waals surface area contributed by atoms with E-state index in [1.807, 2.05) is 6.07 Å². The lowest BCUT2D eigenvalue weighted by molar-refractivity contribution is -0.116. The Kier molecular flexibility index (Phi) is 11.4. The zero-order valence-electron chi connectivity index (χ0n) is 18.0. The Morgan fingerprint density at radius 1 is 1.03 bits per heavy atom. The summed E-state index contributed by atoms with van der Waals surface area (Å²) in [5.41, 5.74) is 1.24. The van der Waals surface area contributed by atoms with Gasteiger partial charge in [-0.2, -0.15) is 0 Å². The summed E-state index contributed by atoms with van der Waals surface area (Å²) >= 11 is 0. The van der Waals surface area contributed by atoms with Crippen LogP contribution in [0.5, 0.6) is 0 Å². The molecule has 0 bridgehead atoms. The third-order valence-electron chi connectivity index (χ3n) is 5.43. The summed E-state index contributed by atoms with van der Waals surface area (Å²) < 4.78 is 5.53. The van der Waals surface area contributed by atoms with Gasteiger partial charge in [-0.1, -0.05) is 64.4 Å². The normalized spacial score (nSPS) is 16.0. The third kappa shape index (κ3) is 9.93. The van der Waals surface area contributed by atoms with Crippen LogP contribution in [0.2, 0.25) is 0 Å². The zero-order chi connectivity index (χ0) is 20.7. The molecule has 2 rings (SSSR count). The Hall–Kier alpha value is -1.88. The average Bonchev–Trinajstić information content (AvgIpc) is 3.24. The number of amides is 2. The highest BCUT2D eigenvalue weighted by Crippen LogP contribution is 2.14. The molecule has 29 heavy (non-hydrogen) atoms. The smallest absolute Gasteiger partial charge is 0.251 e. The van der Waals surface area contributed by atoms with Gasteiger partial charge in [0.2, 0.25) is 5.91 Å². The quantitative estimate of drug-likeness (QED) is 0.406. The molecule has 1 aliphatic heterocycles. The van der Waals surface area contributed by atoms with Crippen molar-refractivity contribution in [1.82, 2.24) is 5.32 Å². The summed E-state index contributed by atoms with van der Waals surface area (Å²) in [6, 6.07) is 7.13. The molecule has 0 radical (unpaired) electrons. The van der Waals surface area contributed by atoms with Crippen LogP contribution in [0, 0.1) is 0 Å². The van der Waals surface area contributed by atoms with Crippen molar-refractivity contribution in [3.63, 3.8) is 0 Å². The number of benzene rings is 1. The molecule has 162 valence electrons. The lowest BCUT2D eigenvalue weighted by atomic mass is 10.1. The molecule has 1 heterocycles. The molecule has 0 saturated carbocycles. The molecule has 0 unspecified atom stereocenters. The third-order valence-corrected chi connectivity index (χ3v) is 5.43. The molecule has 1 fully saturated rings. The Morgan fingerprint density at radius 2 is 1.76 bits per heavy atom. The van der Waals surface area contributed by atoms with E-state index in [0.29, 0.717) is 24.2 Å². The number of anilines is 1. The first kappa shape index (κ1) is 23.4. The highest BCUT2D eigenvalue weighted by atomic mass is 16.5. The zero-order valence-corrected chi connectivity index (χ0v) is 18.0. The number of nitrogens with one attached hydrogen (secondary N) is 2. The SMILES string of the molecule is CCCCCCCCCCCC(=O)Nc1cccc(C(=O)NC[C@@H]2CCCO2)c1. The van der Waals surface area contributed by atoms with Crippen molar-refractivity contribution < 1.29 is 14.3 Å². The molecule has 1 aromatic carbocycles. The maximum absolute atomic E-state index is 12.3. The van der Waals surface area contributed by atoms with Crippen molar-refractivity contribution >= 4 is 17.5 Å². The van der Waals surface area contributed by atoms with E-state index in [0.717, 1.165) is 32.3 Å². The lowest BCUT2D eigenvalue weighted by Gasteiger charge is -2.11. The van der Waals surface area contributed by atoms with Crippen LogP contribution in [-0.4, -0.2) is 31.1 Å². The van der Waals surface area contributed by atoms with Crippen LogP contribution in [0.4, 0.5) is 5.69 Å². The van der Waals surface area contributed by atoms with Gasteiger partial charge in [0.1, 0.15) is 0 Å². The van der Waals surface area contributed by atoms with Crippen LogP contribution in [0.1, 0.15) is 94.3 Å². The first-order chi connectivity index (χ1) is 14.2. The predicted octanol–water partition coefficient (Wildman–Crippen LogP) is 5.45. The summed E-state index contributed by atoms with van der Waals surface area (Å²) in [5.74, 6) is -0.111. The number of unbranched alkanes of at least 4 members (excludes halogenated alkanes) is 8. The molecule has 5 nitrogen and oxygen atoms in total. The topological polar surface area (TPSA) is 67.4 Å². The van der Waals surface area contributed by atoms with Crippen LogP contribution in [0.15, 0.2) is 24.3 Å². The van der Waals surface area contributed by atoms with E-state index in [9.17, 15) is 9.59 Å². The molecule has 2 N–H and O–H groups in total. The number of carbonyl (C=O) groups is 2. The van der Waals surface area contributed by atoms with Crippen LogP contribution in [-0.2, 0) is 9.53 Å². The van der Waals surface area contributed by atoms with Crippen LogP contribution in [0.3, 0.4) is 0 Å². The van der Waals surface area contributed by atoms with Gasteiger partial charge < -0.3 is 15.4 Å². The van der Waals surface area contributed by atoms with Crippen LogP contribution >= 0.6 is 0 Å². The van der Waals surface area contributed by atoms with Gasteiger partial charge >= 0.3 is 0 Å². The minimum Gasteiger partial charge on any atom is -0.376 e. The Morgan fingerprint density at radius 3 is 2.45 bits per heavy atom. The number of carbonyl (C=O) groups excluding carboxylic acids is 2. The fourth-order valence-electron chi connectivity index (χ4n) is 3.67. The summed E-state index contributed by atoms with van der Waals surface area (Å²) in [4.78, 5) is 24.5. The van der Waals surface area contributed by atoms with Gasteiger partial charge in [0, 0.05) is 30.8 Å². The maximum Gasteiger partial charge on any atom is 0.251 e. The summed E-state index contributed by atoms with van der Waals surface area (Å²) in [6.07, 6.45) is 13.9. The fourth-order valence-corrected chi connectivity index (χ4v) is 3.67. The molecule has 1 aromatic rings. The second-order valence-corrected chi connectivity index (χ2v) is 8.05. The van der Waals surface area contributed by atoms with Gasteiger partial charge in [-0.15, -0.1) is 0 Å². The predicted molar refractivity (Wildman–Crippen MR) is 118 cm³/mol. The maximum atomic E-state index is 12.3. The van der Waals surface area contributed by atoms with Crippen LogP contribution < -0.4 is 10.6 Å². The summed E-state index contributed by atoms with van der Waals surface area (Å²) in [5, 5.41) is 5.83. The standard InChI is InChI=1S/C24H38N2O3/c1-2-3-4-5-6-7-8-9-10-16-23(27)26-21-14-11-13-20(18-21)24(28)25-19-22-15-12-17-29-22/h11,13-14,18,22H,2-10,12,15-17,19H2,1H3,(H,25,28)(H,26,27)/t22-/m0/s1. The van der Waals surface area contributed by atoms with Crippen molar-refractivity contribution in [2.45, 2.75) is 90.1 Å². The van der Waals surface area contributed by atoms with Crippen molar-refractivity contribution in [2.75, 3.05) is 18.5 Å². The monoisotopic (exact) mass is 402 g/mol. The lowest BCUT2D eigenvalue weighted by Crippen LogP contribution is -2.31. The molecule has 1 atom stereocenters. The van der Waals surface area contributed by atoms with Crippen molar-refractivity contribution in [2.24, 2.45) is 0 Å². The van der Waals surface area contributed by atoms with Gasteiger partial charge in [0.25, 0.3) is 5.91 Å². The molecular weight excluding hydrogens is 364 g/mol. The summed E-state index contributed by atoms with van der Waals surface area (Å²) in [7, 11) is 0. The number of hydrogen-bond donors (Lipinski definition) is 2. The highest BCUT2D eigenvalue weighted by molar-refractivity contribution is 5.97. The first-order valence-corrected chi connectivity index (χ1v) is 11.5. The Bertz CT molecular complexity index is 612. The molecule has 1 aliphatic rings. The van der Waals surface area contributed by atoms with Gasteiger partial charge in [0.05, 0.1) is 6.10 Å². The number of rotatable bonds is 14. The van der Waals surface area contributed by atoms with Crippen LogP contribution in [0.25, 0.3) is 0 Å². The van der Waals surface area contributed by atoms with Gasteiger partial charge in [0.15, 0.2) is 0 Å². The van der Waals surface area contributed by atoms with E-state index in [4.69, 9.17) is 4.74 Å². The number of ether oxygens (including phenoxy) is 1. The molecule has 1 saturated heterocycles. The van der Waals surface area contributed by atoms with E-state index in [1.165, 1.54) is 44.9 Å². The highest BCUT2D eigenvalue weighted by Gasteiger charge is 2.16. The fraction of sp³-hybridized carbons (Fsp3) is 0.667. The minimum atomic E-state index is -0.129. The van der Waals surface area contributed by atoms with Gasteiger partial charge in [-0.25, -0.2) is 0 Å². The Labute approximate surface area is 176 Å². The van der Waals surface area contributed by atoms with Crippen molar-refractivity contribution in [3.05, 3.63) is 29.8 Å². The van der Waals surface area contributed by atoms with Crippen molar-refractivity contribution in [1.29, 1.82) is 0 Å². The van der Waals surface area contributed by atoms with E-state index in [2.05, 4.69) is 17.6 Å².